The molecule has 130 valence electrons. The first-order chi connectivity index (χ1) is 12.5. The molecule has 0 fully saturated rings. The summed E-state index contributed by atoms with van der Waals surface area (Å²) < 4.78 is 3.59. The van der Waals surface area contributed by atoms with Crippen molar-refractivity contribution in [2.24, 2.45) is 7.05 Å². The van der Waals surface area contributed by atoms with E-state index in [1.807, 2.05) is 48.9 Å². The second-order valence-corrected chi connectivity index (χ2v) is 6.44. The molecule has 1 N–H and O–H groups in total. The van der Waals surface area contributed by atoms with Gasteiger partial charge in [-0.3, -0.25) is 4.79 Å². The van der Waals surface area contributed by atoms with E-state index in [-0.39, 0.29) is 5.91 Å². The lowest BCUT2D eigenvalue weighted by molar-refractivity contribution is 0.102. The first-order valence-corrected chi connectivity index (χ1v) is 8.46. The molecule has 4 aromatic rings. The second-order valence-electron chi connectivity index (χ2n) is 6.00. The molecule has 0 unspecified atom stereocenters. The zero-order valence-electron chi connectivity index (χ0n) is 14.3. The van der Waals surface area contributed by atoms with Crippen LogP contribution in [-0.4, -0.2) is 25.2 Å². The first kappa shape index (κ1) is 16.4. The smallest absolute Gasteiger partial charge is 0.256 e. The fraction of sp³-hybridized carbons (Fsp3) is 0.105. The number of anilines is 1. The van der Waals surface area contributed by atoms with Crippen LogP contribution in [0.1, 0.15) is 16.1 Å². The van der Waals surface area contributed by atoms with Gasteiger partial charge in [0, 0.05) is 23.7 Å². The number of nitrogens with zero attached hydrogens (tertiary/aromatic N) is 4. The Bertz CT molecular complexity index is 1110. The number of aromatic nitrogens is 4. The van der Waals surface area contributed by atoms with Crippen molar-refractivity contribution in [3.63, 3.8) is 0 Å². The Morgan fingerprint density at radius 1 is 1.12 bits per heavy atom. The highest BCUT2D eigenvalue weighted by Crippen LogP contribution is 2.22. The molecule has 0 aliphatic rings. The highest BCUT2D eigenvalue weighted by Gasteiger charge is 2.17. The highest BCUT2D eigenvalue weighted by molar-refractivity contribution is 6.30. The molecule has 0 atom stereocenters. The van der Waals surface area contributed by atoms with E-state index in [0.717, 1.165) is 16.7 Å². The third kappa shape index (κ3) is 2.84. The Labute approximate surface area is 155 Å². The molecule has 2 aromatic heterocycles. The number of aryl methyl sites for hydroxylation is 2. The van der Waals surface area contributed by atoms with Gasteiger partial charge >= 0.3 is 0 Å². The number of carbonyl (C=O) groups excluding carboxylic acids is 1. The summed E-state index contributed by atoms with van der Waals surface area (Å²) in [5, 5.41) is 7.98. The summed E-state index contributed by atoms with van der Waals surface area (Å²) in [6.07, 6.45) is 0. The Morgan fingerprint density at radius 2 is 1.85 bits per heavy atom. The zero-order valence-corrected chi connectivity index (χ0v) is 15.0. The minimum absolute atomic E-state index is 0.235. The molecule has 0 radical (unpaired) electrons. The number of hydrogen-bond acceptors (Lipinski definition) is 3. The van der Waals surface area contributed by atoms with E-state index in [9.17, 15) is 4.79 Å². The van der Waals surface area contributed by atoms with Gasteiger partial charge in [-0.15, -0.1) is 0 Å². The minimum atomic E-state index is -0.235. The summed E-state index contributed by atoms with van der Waals surface area (Å²) in [6.45, 7) is 1.87. The van der Waals surface area contributed by atoms with E-state index in [4.69, 9.17) is 11.6 Å². The van der Waals surface area contributed by atoms with Gasteiger partial charge in [0.25, 0.3) is 5.91 Å². The number of hydrogen-bond donors (Lipinski definition) is 1. The van der Waals surface area contributed by atoms with Crippen molar-refractivity contribution in [3.8, 4) is 5.95 Å². The third-order valence-corrected chi connectivity index (χ3v) is 4.38. The van der Waals surface area contributed by atoms with Crippen molar-refractivity contribution in [1.29, 1.82) is 0 Å². The normalized spacial score (nSPS) is 11.0. The van der Waals surface area contributed by atoms with E-state index in [1.165, 1.54) is 0 Å². The molecule has 0 bridgehead atoms. The van der Waals surface area contributed by atoms with Gasteiger partial charge in [0.15, 0.2) is 0 Å². The maximum absolute atomic E-state index is 12.6. The molecule has 2 aromatic carbocycles. The summed E-state index contributed by atoms with van der Waals surface area (Å²) in [7, 11) is 1.92. The standard InChI is InChI=1S/C19H16ClN5O/c1-12-11-17(22-18(26)13-7-9-14(20)10-8-13)25(23-12)19-21-15-5-3-4-6-16(15)24(19)2/h3-11H,1-2H3,(H,22,26). The van der Waals surface area contributed by atoms with E-state index < -0.39 is 0 Å². The minimum Gasteiger partial charge on any atom is -0.311 e. The Hall–Kier alpha value is -3.12. The number of amides is 1. The molecule has 7 heteroatoms. The van der Waals surface area contributed by atoms with Gasteiger partial charge in [-0.25, -0.2) is 4.98 Å². The summed E-state index contributed by atoms with van der Waals surface area (Å²) in [6, 6.07) is 16.4. The van der Waals surface area contributed by atoms with Crippen LogP contribution in [0.3, 0.4) is 0 Å². The van der Waals surface area contributed by atoms with Crippen LogP contribution in [0.5, 0.6) is 0 Å². The second kappa shape index (κ2) is 6.31. The molecule has 0 aliphatic heterocycles. The topological polar surface area (TPSA) is 64.7 Å². The van der Waals surface area contributed by atoms with E-state index in [1.54, 1.807) is 28.9 Å². The van der Waals surface area contributed by atoms with E-state index in [2.05, 4.69) is 15.4 Å². The average Bonchev–Trinajstić information content (AvgIpc) is 3.15. The Kier molecular flexibility index (Phi) is 3.97. The van der Waals surface area contributed by atoms with Gasteiger partial charge in [0.1, 0.15) is 5.82 Å². The van der Waals surface area contributed by atoms with Crippen LogP contribution in [-0.2, 0) is 7.05 Å². The monoisotopic (exact) mass is 365 g/mol. The van der Waals surface area contributed by atoms with Crippen LogP contribution in [0.4, 0.5) is 5.82 Å². The van der Waals surface area contributed by atoms with Crippen molar-refractivity contribution in [2.75, 3.05) is 5.32 Å². The Balaban J connectivity index is 1.73. The van der Waals surface area contributed by atoms with Gasteiger partial charge in [-0.05, 0) is 43.3 Å². The number of benzene rings is 2. The van der Waals surface area contributed by atoms with E-state index in [0.29, 0.717) is 22.4 Å². The number of fused-ring (bicyclic) bond motifs is 1. The van der Waals surface area contributed by atoms with Crippen molar-refractivity contribution >= 4 is 34.4 Å². The number of para-hydroxylation sites is 2. The molecule has 0 aliphatic carbocycles. The van der Waals surface area contributed by atoms with Crippen LogP contribution in [0, 0.1) is 6.92 Å². The zero-order chi connectivity index (χ0) is 18.3. The summed E-state index contributed by atoms with van der Waals surface area (Å²) in [5.41, 5.74) is 3.16. The largest absolute Gasteiger partial charge is 0.311 e. The lowest BCUT2D eigenvalue weighted by Crippen LogP contribution is -2.16. The molecule has 0 saturated carbocycles. The predicted octanol–water partition coefficient (Wildman–Crippen LogP) is 3.97. The summed E-state index contributed by atoms with van der Waals surface area (Å²) >= 11 is 5.88. The molecule has 4 rings (SSSR count). The van der Waals surface area contributed by atoms with Crippen molar-refractivity contribution in [2.45, 2.75) is 6.92 Å². The molecule has 26 heavy (non-hydrogen) atoms. The van der Waals surface area contributed by atoms with Crippen LogP contribution in [0.2, 0.25) is 5.02 Å². The lowest BCUT2D eigenvalue weighted by Gasteiger charge is -2.09. The number of carbonyl (C=O) groups is 1. The maximum Gasteiger partial charge on any atom is 0.256 e. The first-order valence-electron chi connectivity index (χ1n) is 8.08. The third-order valence-electron chi connectivity index (χ3n) is 4.13. The molecular weight excluding hydrogens is 350 g/mol. The van der Waals surface area contributed by atoms with Gasteiger partial charge in [-0.1, -0.05) is 23.7 Å². The fourth-order valence-corrected chi connectivity index (χ4v) is 2.98. The fourth-order valence-electron chi connectivity index (χ4n) is 2.85. The summed E-state index contributed by atoms with van der Waals surface area (Å²) in [5.74, 6) is 0.952. The molecule has 0 spiro atoms. The molecule has 2 heterocycles. The van der Waals surface area contributed by atoms with Crippen LogP contribution in [0.25, 0.3) is 17.0 Å². The highest BCUT2D eigenvalue weighted by atomic mass is 35.5. The number of nitrogens with one attached hydrogen (secondary N) is 1. The van der Waals surface area contributed by atoms with Crippen molar-refractivity contribution in [3.05, 3.63) is 70.9 Å². The van der Waals surface area contributed by atoms with Crippen molar-refractivity contribution in [1.82, 2.24) is 19.3 Å². The molecule has 0 saturated heterocycles. The molecular formula is C19H16ClN5O. The maximum atomic E-state index is 12.6. The van der Waals surface area contributed by atoms with Crippen LogP contribution < -0.4 is 5.32 Å². The number of rotatable bonds is 3. The van der Waals surface area contributed by atoms with Gasteiger partial charge in [-0.2, -0.15) is 9.78 Å². The van der Waals surface area contributed by atoms with Crippen molar-refractivity contribution < 1.29 is 4.79 Å². The van der Waals surface area contributed by atoms with E-state index >= 15 is 0 Å². The molecule has 6 nitrogen and oxygen atoms in total. The van der Waals surface area contributed by atoms with Gasteiger partial charge < -0.3 is 9.88 Å². The predicted molar refractivity (Wildman–Crippen MR) is 102 cm³/mol. The average molecular weight is 366 g/mol. The molecule has 1 amide bonds. The van der Waals surface area contributed by atoms with Crippen LogP contribution >= 0.6 is 11.6 Å². The van der Waals surface area contributed by atoms with Gasteiger partial charge in [0.05, 0.1) is 16.7 Å². The quantitative estimate of drug-likeness (QED) is 0.597. The van der Waals surface area contributed by atoms with Gasteiger partial charge in [0.2, 0.25) is 5.95 Å². The number of halogens is 1. The Morgan fingerprint density at radius 3 is 2.58 bits per heavy atom. The van der Waals surface area contributed by atoms with Crippen LogP contribution in [0.15, 0.2) is 54.6 Å². The SMILES string of the molecule is Cc1cc(NC(=O)c2ccc(Cl)cc2)n(-c2nc3ccccc3n2C)n1. The number of imidazole rings is 1. The lowest BCUT2D eigenvalue weighted by atomic mass is 10.2. The summed E-state index contributed by atoms with van der Waals surface area (Å²) in [4.78, 5) is 17.2.